The van der Waals surface area contributed by atoms with Crippen LogP contribution >= 0.6 is 0 Å². The van der Waals surface area contributed by atoms with Crippen LogP contribution in [-0.2, 0) is 14.3 Å². The maximum Gasteiger partial charge on any atom is 0.257 e. The lowest BCUT2D eigenvalue weighted by Crippen LogP contribution is -2.54. The van der Waals surface area contributed by atoms with Crippen LogP contribution in [0.25, 0.3) is 0 Å². The second-order valence-electron chi connectivity index (χ2n) is 10.4. The molecule has 1 aromatic rings. The van der Waals surface area contributed by atoms with Crippen LogP contribution in [0.15, 0.2) is 18.2 Å². The number of benzene rings is 1. The highest BCUT2D eigenvalue weighted by atomic mass is 16.5. The molecule has 0 radical (unpaired) electrons. The van der Waals surface area contributed by atoms with Crippen molar-refractivity contribution in [3.63, 3.8) is 0 Å². The molecular weight excluding hydrogens is 448 g/mol. The molecule has 0 unspecified atom stereocenters. The Morgan fingerprint density at radius 1 is 1.06 bits per heavy atom. The van der Waals surface area contributed by atoms with Gasteiger partial charge in [0.1, 0.15) is 18.5 Å². The van der Waals surface area contributed by atoms with Crippen LogP contribution in [0.2, 0.25) is 0 Å². The average molecular weight is 485 g/mol. The van der Waals surface area contributed by atoms with Crippen molar-refractivity contribution in [3.05, 3.63) is 23.8 Å². The van der Waals surface area contributed by atoms with E-state index in [0.717, 1.165) is 58.3 Å². The van der Waals surface area contributed by atoms with Crippen LogP contribution in [0, 0.1) is 5.92 Å². The predicted molar refractivity (Wildman–Crippen MR) is 130 cm³/mol. The minimum absolute atomic E-state index is 0.0154. The lowest BCUT2D eigenvalue weighted by atomic mass is 9.85. The number of ether oxygens (including phenoxy) is 2. The number of carbonyl (C=O) groups excluding carboxylic acids is 3. The Labute approximate surface area is 206 Å². The van der Waals surface area contributed by atoms with Crippen LogP contribution in [0.3, 0.4) is 0 Å². The van der Waals surface area contributed by atoms with E-state index >= 15 is 0 Å². The molecule has 3 fully saturated rings. The number of hydrogen-bond donors (Lipinski definition) is 1. The van der Waals surface area contributed by atoms with Gasteiger partial charge in [-0.05, 0) is 50.9 Å². The van der Waals surface area contributed by atoms with E-state index in [9.17, 15) is 14.4 Å². The van der Waals surface area contributed by atoms with Gasteiger partial charge in [-0.1, -0.05) is 6.42 Å². The van der Waals surface area contributed by atoms with Crippen molar-refractivity contribution in [2.24, 2.45) is 5.92 Å². The number of likely N-dealkylation sites (N-methyl/N-ethyl adjacent to an activating group) is 2. The van der Waals surface area contributed by atoms with Gasteiger partial charge < -0.3 is 29.5 Å². The largest absolute Gasteiger partial charge is 0.490 e. The molecular formula is C26H36N4O5. The molecule has 9 nitrogen and oxygen atoms in total. The molecule has 190 valence electrons. The van der Waals surface area contributed by atoms with E-state index < -0.39 is 0 Å². The number of amides is 3. The molecule has 1 saturated carbocycles. The summed E-state index contributed by atoms with van der Waals surface area (Å²) in [6.07, 6.45) is 4.32. The topological polar surface area (TPSA) is 91.4 Å². The zero-order valence-electron chi connectivity index (χ0n) is 20.7. The van der Waals surface area contributed by atoms with Crippen LogP contribution in [-0.4, -0.2) is 97.6 Å². The normalized spacial score (nSPS) is 27.6. The summed E-state index contributed by atoms with van der Waals surface area (Å²) < 4.78 is 12.4. The van der Waals surface area contributed by atoms with Crippen molar-refractivity contribution in [1.82, 2.24) is 14.7 Å². The molecule has 2 saturated heterocycles. The zero-order chi connectivity index (χ0) is 24.5. The summed E-state index contributed by atoms with van der Waals surface area (Å²) in [6, 6.07) is 5.11. The first-order valence-electron chi connectivity index (χ1n) is 12.9. The molecule has 0 bridgehead atoms. The third-order valence-corrected chi connectivity index (χ3v) is 8.01. The second-order valence-corrected chi connectivity index (χ2v) is 10.4. The number of hydrogen-bond acceptors (Lipinski definition) is 6. The van der Waals surface area contributed by atoms with Gasteiger partial charge in [0.25, 0.3) is 5.91 Å². The van der Waals surface area contributed by atoms with Gasteiger partial charge in [0.2, 0.25) is 11.8 Å². The van der Waals surface area contributed by atoms with Gasteiger partial charge in [-0.25, -0.2) is 0 Å². The van der Waals surface area contributed by atoms with Gasteiger partial charge in [-0.15, -0.1) is 0 Å². The Bertz CT molecular complexity index is 972. The molecule has 3 aliphatic heterocycles. The number of fused-ring (bicyclic) bond motifs is 2. The molecule has 3 atom stereocenters. The van der Waals surface area contributed by atoms with Crippen LogP contribution in [0.1, 0.15) is 48.9 Å². The van der Waals surface area contributed by atoms with Crippen LogP contribution in [0.5, 0.6) is 5.75 Å². The molecule has 1 aromatic carbocycles. The molecule has 35 heavy (non-hydrogen) atoms. The fourth-order valence-corrected chi connectivity index (χ4v) is 5.40. The fraction of sp³-hybridized carbons (Fsp3) is 0.654. The molecule has 1 N–H and O–H groups in total. The van der Waals surface area contributed by atoms with Gasteiger partial charge in [0.05, 0.1) is 24.1 Å². The maximum atomic E-state index is 13.4. The Morgan fingerprint density at radius 3 is 2.54 bits per heavy atom. The van der Waals surface area contributed by atoms with E-state index in [-0.39, 0.29) is 41.9 Å². The Kier molecular flexibility index (Phi) is 6.98. The molecule has 1 aliphatic carbocycles. The van der Waals surface area contributed by atoms with E-state index in [1.165, 1.54) is 0 Å². The Balaban J connectivity index is 1.23. The number of carbonyl (C=O) groups is 3. The SMILES string of the molecule is CN1CCN(C(=O)C[C@@H]2CC[C@H]3[C@H](COc4ccc(NC(=O)C5CCC5)cc4C(=O)N3C)O2)CC1. The van der Waals surface area contributed by atoms with E-state index in [1.807, 2.05) is 4.90 Å². The van der Waals surface area contributed by atoms with Crippen molar-refractivity contribution >= 4 is 23.4 Å². The number of nitrogens with one attached hydrogen (secondary N) is 1. The lowest BCUT2D eigenvalue weighted by Gasteiger charge is -2.42. The van der Waals surface area contributed by atoms with E-state index in [1.54, 1.807) is 30.1 Å². The van der Waals surface area contributed by atoms with E-state index in [0.29, 0.717) is 30.0 Å². The number of piperazine rings is 1. The molecule has 3 amide bonds. The predicted octanol–water partition coefficient (Wildman–Crippen LogP) is 1.97. The summed E-state index contributed by atoms with van der Waals surface area (Å²) in [7, 11) is 3.87. The summed E-state index contributed by atoms with van der Waals surface area (Å²) in [5.41, 5.74) is 1.07. The second kappa shape index (κ2) is 10.1. The maximum absolute atomic E-state index is 13.4. The standard InChI is InChI=1S/C26H36N4O5/c1-28-10-12-30(13-11-28)24(31)15-19-7-8-21-23(35-19)16-34-22-9-6-18(14-20(22)26(33)29(21)2)27-25(32)17-4-3-5-17/h6,9,14,17,19,21,23H,3-5,7-8,10-13,15-16H2,1-2H3,(H,27,32)/t19-,21-,23-/m0/s1. The molecule has 5 rings (SSSR count). The quantitative estimate of drug-likeness (QED) is 0.703. The molecule has 0 aromatic heterocycles. The first-order valence-corrected chi connectivity index (χ1v) is 12.9. The smallest absolute Gasteiger partial charge is 0.257 e. The minimum atomic E-state index is -0.297. The molecule has 4 aliphatic rings. The fourth-order valence-electron chi connectivity index (χ4n) is 5.40. The van der Waals surface area contributed by atoms with Gasteiger partial charge >= 0.3 is 0 Å². The first-order chi connectivity index (χ1) is 16.9. The summed E-state index contributed by atoms with van der Waals surface area (Å²) in [4.78, 5) is 44.5. The van der Waals surface area contributed by atoms with Gasteiger partial charge in [0, 0.05) is 44.8 Å². The van der Waals surface area contributed by atoms with Crippen molar-refractivity contribution in [2.75, 3.05) is 52.2 Å². The van der Waals surface area contributed by atoms with Gasteiger partial charge in [-0.2, -0.15) is 0 Å². The van der Waals surface area contributed by atoms with Gasteiger partial charge in [-0.3, -0.25) is 14.4 Å². The van der Waals surface area contributed by atoms with Crippen molar-refractivity contribution < 1.29 is 23.9 Å². The summed E-state index contributed by atoms with van der Waals surface area (Å²) in [5.74, 6) is 0.565. The highest BCUT2D eigenvalue weighted by molar-refractivity contribution is 6.00. The highest BCUT2D eigenvalue weighted by Gasteiger charge is 2.39. The molecule has 3 heterocycles. The van der Waals surface area contributed by atoms with E-state index in [4.69, 9.17) is 9.47 Å². The van der Waals surface area contributed by atoms with Crippen molar-refractivity contribution in [3.8, 4) is 5.75 Å². The summed E-state index contributed by atoms with van der Waals surface area (Å²) in [6.45, 7) is 3.62. The van der Waals surface area contributed by atoms with E-state index in [2.05, 4.69) is 17.3 Å². The minimum Gasteiger partial charge on any atom is -0.490 e. The first kappa shape index (κ1) is 24.1. The third-order valence-electron chi connectivity index (χ3n) is 8.01. The van der Waals surface area contributed by atoms with Crippen molar-refractivity contribution in [2.45, 2.75) is 56.8 Å². The van der Waals surface area contributed by atoms with Gasteiger partial charge in [0.15, 0.2) is 0 Å². The molecule has 9 heteroatoms. The average Bonchev–Trinajstić information content (AvgIpc) is 2.81. The Hall–Kier alpha value is -2.65. The van der Waals surface area contributed by atoms with Crippen molar-refractivity contribution in [1.29, 1.82) is 0 Å². The number of rotatable bonds is 4. The summed E-state index contributed by atoms with van der Waals surface area (Å²) in [5, 5.41) is 2.95. The Morgan fingerprint density at radius 2 is 1.83 bits per heavy atom. The summed E-state index contributed by atoms with van der Waals surface area (Å²) >= 11 is 0. The van der Waals surface area contributed by atoms with Crippen LogP contribution < -0.4 is 10.1 Å². The zero-order valence-corrected chi connectivity index (χ0v) is 20.7. The third kappa shape index (κ3) is 5.16. The lowest BCUT2D eigenvalue weighted by molar-refractivity contribution is -0.144. The monoisotopic (exact) mass is 484 g/mol. The number of nitrogens with zero attached hydrogens (tertiary/aromatic N) is 3. The number of anilines is 1. The van der Waals surface area contributed by atoms with Crippen LogP contribution in [0.4, 0.5) is 5.69 Å². The highest BCUT2D eigenvalue weighted by Crippen LogP contribution is 2.33. The molecule has 0 spiro atoms.